The van der Waals surface area contributed by atoms with Crippen LogP contribution in [-0.4, -0.2) is 14.5 Å². The maximum absolute atomic E-state index is 4.62. The van der Waals surface area contributed by atoms with Gasteiger partial charge in [-0.2, -0.15) is 0 Å². The normalized spacial score (nSPS) is 14.3. The number of nitrogens with one attached hydrogen (secondary N) is 2. The quantitative estimate of drug-likeness (QED) is 0.176. The van der Waals surface area contributed by atoms with Gasteiger partial charge in [-0.3, -0.25) is 4.98 Å². The Labute approximate surface area is 361 Å². The average Bonchev–Trinajstić information content (AvgIpc) is 3.81. The monoisotopic (exact) mass is 796 g/mol. The number of aromatic amines is 1. The van der Waals surface area contributed by atoms with Crippen molar-refractivity contribution in [2.24, 2.45) is 0 Å². The lowest BCUT2D eigenvalue weighted by Crippen LogP contribution is -2.11. The molecule has 0 fully saturated rings. The van der Waals surface area contributed by atoms with Crippen LogP contribution in [0.2, 0.25) is 0 Å². The SMILES string of the molecule is Cc1ccncc1-n1c2ccc(-c3ccc(C(C)(C)C)cc3)cc2c2cc3c(cc21)-c1ccc(C2=C(Nc4[nH]ccc4C)CCC(c4ccc(C(C)(C)C)cc4)=C2)cc1CC3. The van der Waals surface area contributed by atoms with Crippen molar-refractivity contribution in [1.82, 2.24) is 14.5 Å². The second kappa shape index (κ2) is 14.7. The first kappa shape index (κ1) is 38.8. The average molecular weight is 797 g/mol. The summed E-state index contributed by atoms with van der Waals surface area (Å²) in [5.74, 6) is 1.07. The Hall–Kier alpha value is -6.39. The highest BCUT2D eigenvalue weighted by Crippen LogP contribution is 2.44. The number of aromatic nitrogens is 3. The zero-order chi connectivity index (χ0) is 42.2. The number of H-pyrrole nitrogens is 1. The lowest BCUT2D eigenvalue weighted by atomic mass is 9.81. The fraction of sp³-hybridized carbons (Fsp3) is 0.246. The molecule has 0 bridgehead atoms. The number of benzene rings is 5. The van der Waals surface area contributed by atoms with Crippen LogP contribution in [-0.2, 0) is 23.7 Å². The number of nitrogens with zero attached hydrogens (tertiary/aromatic N) is 2. The number of aryl methyl sites for hydroxylation is 4. The van der Waals surface area contributed by atoms with E-state index in [1.807, 2.05) is 18.6 Å². The van der Waals surface area contributed by atoms with Crippen molar-refractivity contribution >= 4 is 38.8 Å². The second-order valence-corrected chi connectivity index (χ2v) is 19.5. The zero-order valence-corrected chi connectivity index (χ0v) is 36.9. The first-order valence-electron chi connectivity index (χ1n) is 22.0. The van der Waals surface area contributed by atoms with E-state index in [1.54, 1.807) is 0 Å². The van der Waals surface area contributed by atoms with E-state index in [9.17, 15) is 0 Å². The van der Waals surface area contributed by atoms with Crippen molar-refractivity contribution in [1.29, 1.82) is 0 Å². The number of pyridine rings is 1. The summed E-state index contributed by atoms with van der Waals surface area (Å²) in [6.45, 7) is 18.0. The molecule has 0 unspecified atom stereocenters. The van der Waals surface area contributed by atoms with Crippen LogP contribution < -0.4 is 5.32 Å². The van der Waals surface area contributed by atoms with Crippen molar-refractivity contribution in [3.05, 3.63) is 184 Å². The van der Waals surface area contributed by atoms with Crippen LogP contribution in [0.3, 0.4) is 0 Å². The Morgan fingerprint density at radius 1 is 0.574 bits per heavy atom. The Morgan fingerprint density at radius 2 is 1.23 bits per heavy atom. The predicted octanol–water partition coefficient (Wildman–Crippen LogP) is 14.9. The Morgan fingerprint density at radius 3 is 1.90 bits per heavy atom. The minimum Gasteiger partial charge on any atom is -0.348 e. The summed E-state index contributed by atoms with van der Waals surface area (Å²) >= 11 is 0. The van der Waals surface area contributed by atoms with E-state index in [0.717, 1.165) is 37.2 Å². The van der Waals surface area contributed by atoms with Crippen LogP contribution in [0.1, 0.15) is 98.9 Å². The summed E-state index contributed by atoms with van der Waals surface area (Å²) in [6.07, 6.45) is 12.3. The van der Waals surface area contributed by atoms with Crippen molar-refractivity contribution in [2.75, 3.05) is 5.32 Å². The number of hydrogen-bond donors (Lipinski definition) is 2. The lowest BCUT2D eigenvalue weighted by Gasteiger charge is -2.25. The molecule has 2 N–H and O–H groups in total. The van der Waals surface area contributed by atoms with Gasteiger partial charge in [-0.1, -0.05) is 114 Å². The molecule has 0 saturated heterocycles. The third kappa shape index (κ3) is 7.02. The molecule has 61 heavy (non-hydrogen) atoms. The van der Waals surface area contributed by atoms with Crippen molar-refractivity contribution < 1.29 is 0 Å². The summed E-state index contributed by atoms with van der Waals surface area (Å²) < 4.78 is 2.44. The molecule has 5 aromatic carbocycles. The van der Waals surface area contributed by atoms with E-state index in [0.29, 0.717) is 0 Å². The fourth-order valence-electron chi connectivity index (χ4n) is 9.62. The maximum Gasteiger partial charge on any atom is 0.110 e. The van der Waals surface area contributed by atoms with Crippen LogP contribution in [0, 0.1) is 13.8 Å². The van der Waals surface area contributed by atoms with Gasteiger partial charge in [0.15, 0.2) is 0 Å². The Kier molecular flexibility index (Phi) is 9.32. The van der Waals surface area contributed by atoms with E-state index in [1.165, 1.54) is 105 Å². The summed E-state index contributed by atoms with van der Waals surface area (Å²) in [7, 11) is 0. The van der Waals surface area contributed by atoms with Crippen LogP contribution in [0.5, 0.6) is 0 Å². The number of allylic oxidation sites excluding steroid dienone is 4. The molecule has 0 amide bonds. The van der Waals surface area contributed by atoms with Gasteiger partial charge in [0.05, 0.1) is 22.9 Å². The number of anilines is 1. The number of fused-ring (bicyclic) bond motifs is 6. The molecule has 0 saturated carbocycles. The zero-order valence-electron chi connectivity index (χ0n) is 36.9. The second-order valence-electron chi connectivity index (χ2n) is 19.5. The lowest BCUT2D eigenvalue weighted by molar-refractivity contribution is 0.590. The molecule has 3 heterocycles. The summed E-state index contributed by atoms with van der Waals surface area (Å²) in [6, 6.07) is 41.8. The van der Waals surface area contributed by atoms with Gasteiger partial charge in [-0.25, -0.2) is 0 Å². The van der Waals surface area contributed by atoms with Crippen LogP contribution >= 0.6 is 0 Å². The minimum absolute atomic E-state index is 0.117. The third-order valence-electron chi connectivity index (χ3n) is 13.3. The van der Waals surface area contributed by atoms with Gasteiger partial charge in [-0.15, -0.1) is 0 Å². The molecule has 0 aliphatic heterocycles. The summed E-state index contributed by atoms with van der Waals surface area (Å²) in [5, 5.41) is 6.40. The molecular formula is C57H56N4. The van der Waals surface area contributed by atoms with E-state index in [2.05, 4.69) is 191 Å². The first-order valence-corrected chi connectivity index (χ1v) is 22.0. The van der Waals surface area contributed by atoms with Gasteiger partial charge in [0, 0.05) is 34.4 Å². The Bertz CT molecular complexity index is 3060. The van der Waals surface area contributed by atoms with E-state index in [4.69, 9.17) is 0 Å². The fourth-order valence-corrected chi connectivity index (χ4v) is 9.62. The van der Waals surface area contributed by atoms with Crippen LogP contribution in [0.4, 0.5) is 5.82 Å². The van der Waals surface area contributed by atoms with Gasteiger partial charge in [-0.05, 0) is 165 Å². The highest BCUT2D eigenvalue weighted by molar-refractivity contribution is 6.12. The largest absolute Gasteiger partial charge is 0.348 e. The maximum atomic E-state index is 4.62. The molecule has 0 spiro atoms. The molecule has 0 atom stereocenters. The van der Waals surface area contributed by atoms with Gasteiger partial charge in [0.25, 0.3) is 0 Å². The van der Waals surface area contributed by atoms with Crippen LogP contribution in [0.15, 0.2) is 140 Å². The van der Waals surface area contributed by atoms with E-state index < -0.39 is 0 Å². The molecule has 0 radical (unpaired) electrons. The first-order chi connectivity index (χ1) is 29.3. The van der Waals surface area contributed by atoms with Crippen molar-refractivity contribution in [2.45, 2.75) is 91.9 Å². The Balaban J connectivity index is 1.09. The van der Waals surface area contributed by atoms with Crippen molar-refractivity contribution in [3.63, 3.8) is 0 Å². The standard InChI is InChI=1S/C57H56N4/c1-35-25-27-58-34-54(35)61-52-24-17-40(38-13-20-45(21-14-38)57(6,7)8)31-49(52)50-32-43-10-9-41-29-42(15-22-46(41)47(43)33-53(50)61)48-30-39(37-11-18-44(19-12-37)56(3,4)5)16-23-51(48)60-55-36(2)26-28-59-55/h11-15,17-22,24-34,59-60H,9-10,16,23H2,1-8H3. The predicted molar refractivity (Wildman–Crippen MR) is 259 cm³/mol. The minimum atomic E-state index is 0.117. The number of hydrogen-bond acceptors (Lipinski definition) is 2. The highest BCUT2D eigenvalue weighted by atomic mass is 15.0. The van der Waals surface area contributed by atoms with Gasteiger partial charge in [0.1, 0.15) is 5.82 Å². The van der Waals surface area contributed by atoms with Crippen molar-refractivity contribution in [3.8, 4) is 27.9 Å². The molecule has 4 nitrogen and oxygen atoms in total. The molecule has 10 rings (SSSR count). The third-order valence-corrected chi connectivity index (χ3v) is 13.3. The molecule has 304 valence electrons. The molecule has 2 aliphatic carbocycles. The highest BCUT2D eigenvalue weighted by Gasteiger charge is 2.25. The van der Waals surface area contributed by atoms with Gasteiger partial charge < -0.3 is 14.9 Å². The van der Waals surface area contributed by atoms with Gasteiger partial charge in [0.2, 0.25) is 0 Å². The molecule has 2 aliphatic rings. The summed E-state index contributed by atoms with van der Waals surface area (Å²) in [5.41, 5.74) is 23.4. The molecule has 4 heteroatoms. The van der Waals surface area contributed by atoms with Gasteiger partial charge >= 0.3 is 0 Å². The van der Waals surface area contributed by atoms with Crippen LogP contribution in [0.25, 0.3) is 60.9 Å². The smallest absolute Gasteiger partial charge is 0.110 e. The molecule has 3 aromatic heterocycles. The summed E-state index contributed by atoms with van der Waals surface area (Å²) in [4.78, 5) is 8.06. The van der Waals surface area contributed by atoms with E-state index >= 15 is 0 Å². The number of rotatable bonds is 6. The topological polar surface area (TPSA) is 45.6 Å². The molecular weight excluding hydrogens is 741 g/mol. The molecule has 8 aromatic rings. The van der Waals surface area contributed by atoms with E-state index in [-0.39, 0.29) is 10.8 Å².